The zero-order valence-corrected chi connectivity index (χ0v) is 16.6. The molecule has 0 atom stereocenters. The van der Waals surface area contributed by atoms with Crippen LogP contribution in [0.5, 0.6) is 11.5 Å². The molecule has 5 nitrogen and oxygen atoms in total. The van der Waals surface area contributed by atoms with Crippen LogP contribution in [0, 0.1) is 5.82 Å². The maximum Gasteiger partial charge on any atom is 0.152 e. The molecule has 1 aromatic heterocycles. The number of nitrogen functional groups attached to an aromatic ring is 2. The molecule has 3 aromatic rings. The molecule has 12 radical (unpaired) electrons. The number of ether oxygens (including phenoxy) is 2. The SMILES string of the molecule is [B]c1c([B])c(-c2cnc(N)c(-c3ccc(N)cc3F)c2)c([B])c(OC([B])([B])[B])c1OC. The van der Waals surface area contributed by atoms with E-state index in [1.54, 1.807) is 6.07 Å². The van der Waals surface area contributed by atoms with Gasteiger partial charge in [-0.25, -0.2) is 9.37 Å². The van der Waals surface area contributed by atoms with Crippen molar-refractivity contribution in [2.75, 3.05) is 18.6 Å². The Hall–Kier alpha value is -2.89. The maximum atomic E-state index is 14.5. The minimum Gasteiger partial charge on any atom is -0.513 e. The second-order valence-electron chi connectivity index (χ2n) is 6.83. The number of nitrogens with zero attached hydrogens (tertiary/aromatic N) is 1. The molecule has 0 spiro atoms. The van der Waals surface area contributed by atoms with Crippen LogP contribution in [0.3, 0.4) is 0 Å². The minimum absolute atomic E-state index is 0.00215. The summed E-state index contributed by atoms with van der Waals surface area (Å²) in [6.07, 6.45) is 1.40. The van der Waals surface area contributed by atoms with Crippen LogP contribution >= 0.6 is 0 Å². The van der Waals surface area contributed by atoms with Gasteiger partial charge in [0.15, 0.2) is 11.5 Å². The first kappa shape index (κ1) is 22.8. The molecule has 0 fully saturated rings. The van der Waals surface area contributed by atoms with Gasteiger partial charge < -0.3 is 20.9 Å². The van der Waals surface area contributed by atoms with Crippen molar-refractivity contribution in [3.05, 3.63) is 36.3 Å². The number of halogens is 1. The van der Waals surface area contributed by atoms with E-state index in [9.17, 15) is 4.39 Å². The van der Waals surface area contributed by atoms with Crippen LogP contribution in [0.2, 0.25) is 0 Å². The highest BCUT2D eigenvalue weighted by molar-refractivity contribution is 6.59. The summed E-state index contributed by atoms with van der Waals surface area (Å²) in [4.78, 5) is 4.14. The fourth-order valence-electron chi connectivity index (χ4n) is 3.13. The van der Waals surface area contributed by atoms with Gasteiger partial charge in [0.25, 0.3) is 0 Å². The third-order valence-corrected chi connectivity index (χ3v) is 4.50. The van der Waals surface area contributed by atoms with E-state index in [1.165, 1.54) is 31.5 Å². The Bertz CT molecular complexity index is 1170. The highest BCUT2D eigenvalue weighted by Crippen LogP contribution is 2.33. The molecule has 2 aromatic carbocycles. The summed E-state index contributed by atoms with van der Waals surface area (Å²) < 4.78 is 25.1. The Balaban J connectivity index is 2.28. The first-order valence-electron chi connectivity index (χ1n) is 8.85. The number of methoxy groups -OCH3 is 1. The van der Waals surface area contributed by atoms with Gasteiger partial charge in [-0.15, -0.1) is 0 Å². The van der Waals surface area contributed by atoms with Crippen LogP contribution in [0.4, 0.5) is 15.9 Å². The molecule has 0 aliphatic heterocycles. The number of rotatable bonds is 5. The van der Waals surface area contributed by atoms with Crippen molar-refractivity contribution in [3.8, 4) is 33.8 Å². The van der Waals surface area contributed by atoms with Crippen molar-refractivity contribution >= 4 is 75.0 Å². The first-order valence-corrected chi connectivity index (χ1v) is 8.85. The molecule has 12 heteroatoms. The summed E-state index contributed by atoms with van der Waals surface area (Å²) >= 11 is 0. The van der Waals surface area contributed by atoms with Crippen LogP contribution in [0.25, 0.3) is 22.3 Å². The van der Waals surface area contributed by atoms with Crippen molar-refractivity contribution in [2.45, 2.75) is 5.30 Å². The normalized spacial score (nSPS) is 11.3. The highest BCUT2D eigenvalue weighted by atomic mass is 19.1. The van der Waals surface area contributed by atoms with E-state index in [0.29, 0.717) is 5.56 Å². The Morgan fingerprint density at radius 3 is 2.19 bits per heavy atom. The molecule has 0 amide bonds. The third kappa shape index (κ3) is 4.43. The Labute approximate surface area is 187 Å². The average Bonchev–Trinajstić information content (AvgIpc) is 2.67. The number of benzene rings is 2. The van der Waals surface area contributed by atoms with Gasteiger partial charge in [0, 0.05) is 23.0 Å². The lowest BCUT2D eigenvalue weighted by Gasteiger charge is -2.29. The minimum atomic E-state index is -2.08. The van der Waals surface area contributed by atoms with E-state index < -0.39 is 11.1 Å². The fourth-order valence-corrected chi connectivity index (χ4v) is 3.13. The molecule has 140 valence electrons. The summed E-state index contributed by atoms with van der Waals surface area (Å²) in [5, 5.41) is -2.08. The zero-order valence-electron chi connectivity index (χ0n) is 16.6. The quantitative estimate of drug-likeness (QED) is 0.409. The molecule has 0 saturated heterocycles. The van der Waals surface area contributed by atoms with Gasteiger partial charge in [0.05, 0.1) is 7.11 Å². The number of pyridine rings is 1. The molecule has 0 bridgehead atoms. The van der Waals surface area contributed by atoms with Crippen molar-refractivity contribution in [1.29, 1.82) is 0 Å². The average molecular weight is 398 g/mol. The van der Waals surface area contributed by atoms with Crippen molar-refractivity contribution < 1.29 is 13.9 Å². The second-order valence-corrected chi connectivity index (χ2v) is 6.83. The highest BCUT2D eigenvalue weighted by Gasteiger charge is 2.23. The van der Waals surface area contributed by atoms with Crippen LogP contribution in [0.1, 0.15) is 0 Å². The van der Waals surface area contributed by atoms with Crippen molar-refractivity contribution in [1.82, 2.24) is 4.98 Å². The van der Waals surface area contributed by atoms with Gasteiger partial charge in [-0.1, -0.05) is 10.9 Å². The van der Waals surface area contributed by atoms with Crippen LogP contribution in [0.15, 0.2) is 30.5 Å². The van der Waals surface area contributed by atoms with Gasteiger partial charge in [0.2, 0.25) is 0 Å². The molecule has 0 saturated carbocycles. The summed E-state index contributed by atoms with van der Waals surface area (Å²) in [5.41, 5.74) is 13.0. The van der Waals surface area contributed by atoms with Crippen LogP contribution in [-0.2, 0) is 0 Å². The van der Waals surface area contributed by atoms with E-state index in [1.807, 2.05) is 0 Å². The molecule has 0 unspecified atom stereocenters. The summed E-state index contributed by atoms with van der Waals surface area (Å²) in [6, 6.07) is 5.74. The lowest BCUT2D eigenvalue weighted by atomic mass is 9.52. The molecule has 4 N–H and O–H groups in total. The Morgan fingerprint density at radius 1 is 0.935 bits per heavy atom. The first-order chi connectivity index (χ1) is 14.4. The molecule has 1 heterocycles. The summed E-state index contributed by atoms with van der Waals surface area (Å²) in [5.74, 6) is -0.622. The van der Waals surface area contributed by atoms with Crippen molar-refractivity contribution in [3.63, 3.8) is 0 Å². The Kier molecular flexibility index (Phi) is 6.12. The number of hydrogen-bond donors (Lipinski definition) is 2. The van der Waals surface area contributed by atoms with E-state index in [-0.39, 0.29) is 56.1 Å². The standard InChI is InChI=1S/C19H12B6FN3O2/c1-30-16-15(22)13(20)12(14(21)17(16)31-19(23,24)25)7-4-10(18(28)29-6-7)9-3-2-8(27)5-11(9)26/h2-6H,27H2,1H3,(H2,28,29). The number of anilines is 2. The summed E-state index contributed by atoms with van der Waals surface area (Å²) in [7, 11) is 36.6. The summed E-state index contributed by atoms with van der Waals surface area (Å²) in [6.45, 7) is 0. The van der Waals surface area contributed by atoms with E-state index in [2.05, 4.69) is 4.98 Å². The van der Waals surface area contributed by atoms with E-state index >= 15 is 0 Å². The van der Waals surface area contributed by atoms with Crippen molar-refractivity contribution in [2.24, 2.45) is 0 Å². The van der Waals surface area contributed by atoms with Gasteiger partial charge in [0.1, 0.15) is 58.7 Å². The molecular weight excluding hydrogens is 386 g/mol. The predicted molar refractivity (Wildman–Crippen MR) is 127 cm³/mol. The molecule has 3 rings (SSSR count). The number of hydrogen-bond acceptors (Lipinski definition) is 5. The maximum absolute atomic E-state index is 14.5. The Morgan fingerprint density at radius 2 is 1.61 bits per heavy atom. The van der Waals surface area contributed by atoms with Gasteiger partial charge in [-0.05, 0) is 46.2 Å². The largest absolute Gasteiger partial charge is 0.513 e. The second kappa shape index (κ2) is 8.33. The number of nitrogens with two attached hydrogens (primary N) is 2. The zero-order chi connectivity index (χ0) is 23.1. The lowest BCUT2D eigenvalue weighted by Crippen LogP contribution is -2.42. The fraction of sp³-hybridized carbons (Fsp3) is 0.105. The molecule has 31 heavy (non-hydrogen) atoms. The molecule has 0 aliphatic carbocycles. The smallest absolute Gasteiger partial charge is 0.152 e. The van der Waals surface area contributed by atoms with Gasteiger partial charge >= 0.3 is 0 Å². The predicted octanol–water partition coefficient (Wildman–Crippen LogP) is -1.40. The van der Waals surface area contributed by atoms with Gasteiger partial charge in [-0.3, -0.25) is 0 Å². The van der Waals surface area contributed by atoms with E-state index in [4.69, 9.17) is 68.0 Å². The third-order valence-electron chi connectivity index (χ3n) is 4.50. The van der Waals surface area contributed by atoms with Crippen LogP contribution in [-0.4, -0.2) is 64.5 Å². The monoisotopic (exact) mass is 399 g/mol. The van der Waals surface area contributed by atoms with E-state index in [0.717, 1.165) is 0 Å². The molecule has 0 aliphatic rings. The van der Waals surface area contributed by atoms with Crippen LogP contribution < -0.4 is 37.3 Å². The number of aromatic nitrogens is 1. The lowest BCUT2D eigenvalue weighted by molar-refractivity contribution is 0.298. The molecular formula is C19H12B6FN3O2. The van der Waals surface area contributed by atoms with Gasteiger partial charge in [-0.2, -0.15) is 0 Å². The topological polar surface area (TPSA) is 83.4 Å².